The van der Waals surface area contributed by atoms with Crippen LogP contribution in [0.2, 0.25) is 0 Å². The fourth-order valence-electron chi connectivity index (χ4n) is 1.45. The summed E-state index contributed by atoms with van der Waals surface area (Å²) in [4.78, 5) is 15.7. The first-order valence-corrected chi connectivity index (χ1v) is 4.68. The standard InChI is InChI=1S/C12H11NO2/c1-15-8-12(14)10-5-4-9-3-2-6-13-11(9)7-10/h2-7H,8H2,1H3. The van der Waals surface area contributed by atoms with Crippen molar-refractivity contribution in [1.29, 1.82) is 0 Å². The van der Waals surface area contributed by atoms with Gasteiger partial charge in [0, 0.05) is 24.3 Å². The molecule has 0 radical (unpaired) electrons. The molecule has 3 heteroatoms. The zero-order valence-electron chi connectivity index (χ0n) is 8.43. The SMILES string of the molecule is COCC(=O)c1ccc2cccnc2c1. The molecule has 0 saturated heterocycles. The van der Waals surface area contributed by atoms with Crippen molar-refractivity contribution in [2.75, 3.05) is 13.7 Å². The Balaban J connectivity index is 2.42. The van der Waals surface area contributed by atoms with Crippen molar-refractivity contribution >= 4 is 16.7 Å². The van der Waals surface area contributed by atoms with Gasteiger partial charge < -0.3 is 4.74 Å². The fourth-order valence-corrected chi connectivity index (χ4v) is 1.45. The largest absolute Gasteiger partial charge is 0.377 e. The monoisotopic (exact) mass is 201 g/mol. The van der Waals surface area contributed by atoms with E-state index in [1.54, 1.807) is 18.3 Å². The summed E-state index contributed by atoms with van der Waals surface area (Å²) in [5, 5.41) is 1.03. The molecule has 15 heavy (non-hydrogen) atoms. The number of carbonyl (C=O) groups is 1. The highest BCUT2D eigenvalue weighted by molar-refractivity contribution is 6.00. The molecule has 0 atom stereocenters. The maximum Gasteiger partial charge on any atom is 0.188 e. The van der Waals surface area contributed by atoms with Crippen LogP contribution in [0, 0.1) is 0 Å². The fraction of sp³-hybridized carbons (Fsp3) is 0.167. The van der Waals surface area contributed by atoms with E-state index in [-0.39, 0.29) is 12.4 Å². The number of fused-ring (bicyclic) bond motifs is 1. The summed E-state index contributed by atoms with van der Waals surface area (Å²) in [5.74, 6) is -0.0231. The molecule has 0 aliphatic rings. The van der Waals surface area contributed by atoms with Crippen molar-refractivity contribution in [3.05, 3.63) is 42.1 Å². The first kappa shape index (κ1) is 9.80. The summed E-state index contributed by atoms with van der Waals surface area (Å²) in [5.41, 5.74) is 1.47. The maximum atomic E-state index is 11.5. The molecule has 1 aromatic heterocycles. The van der Waals surface area contributed by atoms with E-state index < -0.39 is 0 Å². The third-order valence-corrected chi connectivity index (χ3v) is 2.20. The van der Waals surface area contributed by atoms with Crippen LogP contribution in [-0.2, 0) is 4.74 Å². The molecule has 0 amide bonds. The van der Waals surface area contributed by atoms with Crippen molar-refractivity contribution in [3.63, 3.8) is 0 Å². The number of nitrogens with zero attached hydrogens (tertiary/aromatic N) is 1. The molecular formula is C12H11NO2. The molecule has 0 bridgehead atoms. The van der Waals surface area contributed by atoms with Crippen molar-refractivity contribution < 1.29 is 9.53 Å². The molecule has 0 spiro atoms. The zero-order valence-corrected chi connectivity index (χ0v) is 8.43. The van der Waals surface area contributed by atoms with Crippen molar-refractivity contribution in [3.8, 4) is 0 Å². The van der Waals surface area contributed by atoms with Crippen LogP contribution < -0.4 is 0 Å². The van der Waals surface area contributed by atoms with Gasteiger partial charge in [0.15, 0.2) is 5.78 Å². The third-order valence-electron chi connectivity index (χ3n) is 2.20. The van der Waals surface area contributed by atoms with Gasteiger partial charge in [-0.2, -0.15) is 0 Å². The quantitative estimate of drug-likeness (QED) is 0.713. The van der Waals surface area contributed by atoms with Gasteiger partial charge in [0.2, 0.25) is 0 Å². The van der Waals surface area contributed by atoms with Gasteiger partial charge in [-0.05, 0) is 12.1 Å². The smallest absolute Gasteiger partial charge is 0.188 e. The van der Waals surface area contributed by atoms with Crippen LogP contribution in [0.1, 0.15) is 10.4 Å². The number of methoxy groups -OCH3 is 1. The second-order valence-corrected chi connectivity index (χ2v) is 3.27. The van der Waals surface area contributed by atoms with Gasteiger partial charge in [-0.1, -0.05) is 18.2 Å². The molecule has 76 valence electrons. The number of benzene rings is 1. The van der Waals surface area contributed by atoms with Crippen LogP contribution >= 0.6 is 0 Å². The molecular weight excluding hydrogens is 190 g/mol. The van der Waals surface area contributed by atoms with E-state index in [1.165, 1.54) is 7.11 Å². The summed E-state index contributed by atoms with van der Waals surface area (Å²) in [6, 6.07) is 9.32. The summed E-state index contributed by atoms with van der Waals surface area (Å²) in [6.07, 6.45) is 1.72. The Labute approximate surface area is 87.7 Å². The predicted octanol–water partition coefficient (Wildman–Crippen LogP) is 2.06. The molecule has 0 unspecified atom stereocenters. The van der Waals surface area contributed by atoms with Crippen LogP contribution in [0.4, 0.5) is 0 Å². The van der Waals surface area contributed by atoms with Gasteiger partial charge in [0.1, 0.15) is 6.61 Å². The Hall–Kier alpha value is -1.74. The van der Waals surface area contributed by atoms with E-state index >= 15 is 0 Å². The van der Waals surface area contributed by atoms with E-state index in [9.17, 15) is 4.79 Å². The van der Waals surface area contributed by atoms with E-state index in [0.29, 0.717) is 5.56 Å². The highest BCUT2D eigenvalue weighted by Gasteiger charge is 2.05. The zero-order chi connectivity index (χ0) is 10.7. The molecule has 2 rings (SSSR count). The van der Waals surface area contributed by atoms with Crippen molar-refractivity contribution in [2.45, 2.75) is 0 Å². The lowest BCUT2D eigenvalue weighted by molar-refractivity contribution is 0.0848. The minimum Gasteiger partial charge on any atom is -0.377 e. The Morgan fingerprint density at radius 1 is 1.40 bits per heavy atom. The average molecular weight is 201 g/mol. The normalized spacial score (nSPS) is 10.5. The molecule has 0 aliphatic carbocycles. The molecule has 0 N–H and O–H groups in total. The summed E-state index contributed by atoms with van der Waals surface area (Å²) >= 11 is 0. The number of pyridine rings is 1. The van der Waals surface area contributed by atoms with Gasteiger partial charge in [-0.25, -0.2) is 0 Å². The third kappa shape index (κ3) is 2.02. The van der Waals surface area contributed by atoms with Crippen LogP contribution in [0.15, 0.2) is 36.5 Å². The van der Waals surface area contributed by atoms with E-state index in [0.717, 1.165) is 10.9 Å². The molecule has 3 nitrogen and oxygen atoms in total. The Morgan fingerprint density at radius 3 is 3.07 bits per heavy atom. The highest BCUT2D eigenvalue weighted by Crippen LogP contribution is 2.13. The first-order valence-electron chi connectivity index (χ1n) is 4.68. The number of hydrogen-bond acceptors (Lipinski definition) is 3. The molecule has 0 fully saturated rings. The second-order valence-electron chi connectivity index (χ2n) is 3.27. The molecule has 2 aromatic rings. The van der Waals surface area contributed by atoms with Crippen LogP contribution in [-0.4, -0.2) is 24.5 Å². The van der Waals surface area contributed by atoms with Gasteiger partial charge in [-0.3, -0.25) is 9.78 Å². The second kappa shape index (κ2) is 4.19. The molecule has 1 heterocycles. The molecule has 0 saturated carbocycles. The first-order chi connectivity index (χ1) is 7.31. The summed E-state index contributed by atoms with van der Waals surface area (Å²) in [7, 11) is 1.51. The number of ketones is 1. The van der Waals surface area contributed by atoms with Gasteiger partial charge in [-0.15, -0.1) is 0 Å². The van der Waals surface area contributed by atoms with Crippen molar-refractivity contribution in [2.24, 2.45) is 0 Å². The average Bonchev–Trinajstić information content (AvgIpc) is 2.29. The lowest BCUT2D eigenvalue weighted by Gasteiger charge is -2.01. The Kier molecular flexibility index (Phi) is 2.74. The topological polar surface area (TPSA) is 39.2 Å². The predicted molar refractivity (Wildman–Crippen MR) is 57.9 cm³/mol. The van der Waals surface area contributed by atoms with Gasteiger partial charge in [0.05, 0.1) is 5.52 Å². The summed E-state index contributed by atoms with van der Waals surface area (Å²) < 4.78 is 4.80. The van der Waals surface area contributed by atoms with Crippen LogP contribution in [0.3, 0.4) is 0 Å². The number of Topliss-reactive ketones (excluding diaryl/α,β-unsaturated/α-hetero) is 1. The lowest BCUT2D eigenvalue weighted by Crippen LogP contribution is -2.06. The number of carbonyl (C=O) groups excluding carboxylic acids is 1. The minimum absolute atomic E-state index is 0.0231. The van der Waals surface area contributed by atoms with Gasteiger partial charge in [0.25, 0.3) is 0 Å². The summed E-state index contributed by atoms with van der Waals surface area (Å²) in [6.45, 7) is 0.109. The maximum absolute atomic E-state index is 11.5. The van der Waals surface area contributed by atoms with Gasteiger partial charge >= 0.3 is 0 Å². The molecule has 0 aliphatic heterocycles. The number of rotatable bonds is 3. The lowest BCUT2D eigenvalue weighted by atomic mass is 10.1. The van der Waals surface area contributed by atoms with Crippen LogP contribution in [0.5, 0.6) is 0 Å². The van der Waals surface area contributed by atoms with E-state index in [2.05, 4.69) is 4.98 Å². The number of aromatic nitrogens is 1. The Bertz CT molecular complexity index is 494. The Morgan fingerprint density at radius 2 is 2.27 bits per heavy atom. The molecule has 1 aromatic carbocycles. The number of hydrogen-bond donors (Lipinski definition) is 0. The van der Waals surface area contributed by atoms with Crippen LogP contribution in [0.25, 0.3) is 10.9 Å². The van der Waals surface area contributed by atoms with E-state index in [4.69, 9.17) is 4.74 Å². The number of ether oxygens (including phenoxy) is 1. The van der Waals surface area contributed by atoms with Crippen molar-refractivity contribution in [1.82, 2.24) is 4.98 Å². The minimum atomic E-state index is -0.0231. The van der Waals surface area contributed by atoms with E-state index in [1.807, 2.05) is 18.2 Å². The highest BCUT2D eigenvalue weighted by atomic mass is 16.5.